The fraction of sp³-hybridized carbons (Fsp3) is 0.0556. The van der Waals surface area contributed by atoms with Crippen LogP contribution < -0.4 is 10.1 Å². The molecule has 2 aromatic carbocycles. The molecule has 0 saturated carbocycles. The highest BCUT2D eigenvalue weighted by Crippen LogP contribution is 2.31. The summed E-state index contributed by atoms with van der Waals surface area (Å²) in [6, 6.07) is 9.90. The molecule has 8 heteroatoms. The lowest BCUT2D eigenvalue weighted by Crippen LogP contribution is -1.98. The third-order valence-electron chi connectivity index (χ3n) is 3.57. The highest BCUT2D eigenvalue weighted by molar-refractivity contribution is 9.10. The number of fused-ring (bicyclic) bond motifs is 1. The lowest BCUT2D eigenvalue weighted by Gasteiger charge is -2.10. The Balaban J connectivity index is 1.60. The maximum absolute atomic E-state index is 13.3. The first-order chi connectivity index (χ1) is 12.7. The number of hydrogen-bond donors (Lipinski definition) is 1. The third-order valence-corrected chi connectivity index (χ3v) is 4.94. The van der Waals surface area contributed by atoms with Crippen molar-refractivity contribution in [3.05, 3.63) is 69.5 Å². The third kappa shape index (κ3) is 3.81. The Labute approximate surface area is 161 Å². The molecular weight excluding hydrogens is 419 g/mol. The van der Waals surface area contributed by atoms with Crippen molar-refractivity contribution in [2.45, 2.75) is 6.61 Å². The van der Waals surface area contributed by atoms with Crippen LogP contribution in [0.2, 0.25) is 0 Å². The first-order valence-electron chi connectivity index (χ1n) is 7.66. The minimum atomic E-state index is -0.321. The van der Waals surface area contributed by atoms with Crippen LogP contribution in [0.25, 0.3) is 10.9 Å². The van der Waals surface area contributed by atoms with Gasteiger partial charge in [0.05, 0.1) is 20.4 Å². The number of thiazole rings is 1. The van der Waals surface area contributed by atoms with Gasteiger partial charge in [-0.15, -0.1) is 11.3 Å². The number of nitrogens with zero attached hydrogens (tertiary/aromatic N) is 3. The lowest BCUT2D eigenvalue weighted by atomic mass is 10.2. The van der Waals surface area contributed by atoms with Crippen LogP contribution in [-0.4, -0.2) is 15.0 Å². The molecule has 4 aromatic rings. The summed E-state index contributed by atoms with van der Waals surface area (Å²) >= 11 is 5.05. The zero-order valence-corrected chi connectivity index (χ0v) is 15.7. The molecule has 0 aliphatic rings. The fourth-order valence-electron chi connectivity index (χ4n) is 2.36. The molecule has 26 heavy (non-hydrogen) atoms. The van der Waals surface area contributed by atoms with Crippen LogP contribution in [0.1, 0.15) is 4.88 Å². The summed E-state index contributed by atoms with van der Waals surface area (Å²) in [5, 5.41) is 3.87. The minimum Gasteiger partial charge on any atom is -0.487 e. The molecule has 0 atom stereocenters. The van der Waals surface area contributed by atoms with Crippen molar-refractivity contribution in [2.75, 3.05) is 5.32 Å². The van der Waals surface area contributed by atoms with E-state index in [0.29, 0.717) is 24.0 Å². The maximum atomic E-state index is 13.3. The van der Waals surface area contributed by atoms with E-state index in [0.717, 1.165) is 20.3 Å². The van der Waals surface area contributed by atoms with Gasteiger partial charge >= 0.3 is 0 Å². The van der Waals surface area contributed by atoms with Crippen LogP contribution >= 0.6 is 27.3 Å². The van der Waals surface area contributed by atoms with Crippen molar-refractivity contribution < 1.29 is 9.13 Å². The molecule has 0 spiro atoms. The van der Waals surface area contributed by atoms with E-state index in [1.54, 1.807) is 30.0 Å². The van der Waals surface area contributed by atoms with Gasteiger partial charge in [-0.2, -0.15) is 0 Å². The van der Waals surface area contributed by atoms with Crippen molar-refractivity contribution >= 4 is 49.8 Å². The minimum absolute atomic E-state index is 0.321. The van der Waals surface area contributed by atoms with Gasteiger partial charge < -0.3 is 10.1 Å². The van der Waals surface area contributed by atoms with Gasteiger partial charge in [0.25, 0.3) is 0 Å². The van der Waals surface area contributed by atoms with E-state index in [-0.39, 0.29) is 5.82 Å². The Hall–Kier alpha value is -2.58. The Morgan fingerprint density at radius 2 is 2.12 bits per heavy atom. The van der Waals surface area contributed by atoms with E-state index in [1.165, 1.54) is 23.5 Å². The second-order valence-corrected chi connectivity index (χ2v) is 7.25. The van der Waals surface area contributed by atoms with E-state index in [1.807, 2.05) is 12.1 Å². The van der Waals surface area contributed by atoms with Crippen molar-refractivity contribution in [1.29, 1.82) is 0 Å². The van der Waals surface area contributed by atoms with Crippen molar-refractivity contribution in [3.63, 3.8) is 0 Å². The van der Waals surface area contributed by atoms with Crippen LogP contribution in [0.5, 0.6) is 5.75 Å². The van der Waals surface area contributed by atoms with Gasteiger partial charge in [-0.1, -0.05) is 6.07 Å². The van der Waals surface area contributed by atoms with Crippen molar-refractivity contribution in [3.8, 4) is 5.75 Å². The Morgan fingerprint density at radius 1 is 1.19 bits per heavy atom. The van der Waals surface area contributed by atoms with Crippen molar-refractivity contribution in [1.82, 2.24) is 15.0 Å². The molecule has 0 bridgehead atoms. The Morgan fingerprint density at radius 3 is 2.92 bits per heavy atom. The molecule has 2 heterocycles. The van der Waals surface area contributed by atoms with Gasteiger partial charge in [0.1, 0.15) is 18.2 Å². The summed E-state index contributed by atoms with van der Waals surface area (Å²) < 4.78 is 20.0. The van der Waals surface area contributed by atoms with Gasteiger partial charge in [0.15, 0.2) is 0 Å². The summed E-state index contributed by atoms with van der Waals surface area (Å²) in [7, 11) is 0. The number of hydrogen-bond acceptors (Lipinski definition) is 6. The number of halogens is 2. The summed E-state index contributed by atoms with van der Waals surface area (Å²) in [6.45, 7) is 0.439. The van der Waals surface area contributed by atoms with Crippen LogP contribution in [0.4, 0.5) is 16.0 Å². The van der Waals surface area contributed by atoms with E-state index in [4.69, 9.17) is 4.74 Å². The number of anilines is 2. The molecular formula is C18H12BrFN4OS. The number of rotatable bonds is 5. The maximum Gasteiger partial charge on any atom is 0.227 e. The van der Waals surface area contributed by atoms with Crippen molar-refractivity contribution in [2.24, 2.45) is 0 Å². The SMILES string of the molecule is Fc1cccc(Nc2ncc3cc(Br)c(OCc4cncs4)cc3n2)c1. The van der Waals surface area contributed by atoms with Crippen LogP contribution in [0.3, 0.4) is 0 Å². The topological polar surface area (TPSA) is 59.9 Å². The molecule has 5 nitrogen and oxygen atoms in total. The second kappa shape index (κ2) is 7.35. The smallest absolute Gasteiger partial charge is 0.227 e. The predicted octanol–water partition coefficient (Wildman–Crippen LogP) is 5.31. The fourth-order valence-corrected chi connectivity index (χ4v) is 3.34. The molecule has 2 aromatic heterocycles. The highest BCUT2D eigenvalue weighted by Gasteiger charge is 2.08. The largest absolute Gasteiger partial charge is 0.487 e. The molecule has 0 saturated heterocycles. The molecule has 0 fully saturated rings. The summed E-state index contributed by atoms with van der Waals surface area (Å²) in [5.41, 5.74) is 3.08. The van der Waals surface area contributed by atoms with E-state index < -0.39 is 0 Å². The summed E-state index contributed by atoms with van der Waals surface area (Å²) in [4.78, 5) is 13.8. The number of aromatic nitrogens is 3. The molecule has 4 rings (SSSR count). The molecule has 0 amide bonds. The van der Waals surface area contributed by atoms with E-state index in [9.17, 15) is 4.39 Å². The highest BCUT2D eigenvalue weighted by atomic mass is 79.9. The number of benzene rings is 2. The van der Waals surface area contributed by atoms with Gasteiger partial charge in [0.2, 0.25) is 5.95 Å². The molecule has 0 radical (unpaired) electrons. The van der Waals surface area contributed by atoms with E-state index in [2.05, 4.69) is 36.2 Å². The standard InChI is InChI=1S/C18H12BrFN4OS/c19-15-4-11-7-22-18(23-13-3-1-2-12(20)5-13)24-16(11)6-17(15)25-9-14-8-21-10-26-14/h1-8,10H,9H2,(H,22,23,24). The second-order valence-electron chi connectivity index (χ2n) is 5.43. The first-order valence-corrected chi connectivity index (χ1v) is 9.34. The Kier molecular flexibility index (Phi) is 4.77. The quantitative estimate of drug-likeness (QED) is 0.464. The first kappa shape index (κ1) is 16.9. The molecule has 0 aliphatic carbocycles. The molecule has 0 aliphatic heterocycles. The monoisotopic (exact) mass is 430 g/mol. The van der Waals surface area contributed by atoms with Gasteiger partial charge in [-0.25, -0.2) is 14.4 Å². The summed E-state index contributed by atoms with van der Waals surface area (Å²) in [6.07, 6.45) is 3.49. The lowest BCUT2D eigenvalue weighted by molar-refractivity contribution is 0.308. The zero-order chi connectivity index (χ0) is 17.9. The molecule has 0 unspecified atom stereocenters. The van der Waals surface area contributed by atoms with Crippen LogP contribution in [0.15, 0.2) is 58.8 Å². The number of ether oxygens (including phenoxy) is 1. The zero-order valence-electron chi connectivity index (χ0n) is 13.3. The average Bonchev–Trinajstić information content (AvgIpc) is 3.14. The predicted molar refractivity (Wildman–Crippen MR) is 103 cm³/mol. The van der Waals surface area contributed by atoms with Crippen LogP contribution in [-0.2, 0) is 6.61 Å². The van der Waals surface area contributed by atoms with Crippen LogP contribution in [0, 0.1) is 5.82 Å². The van der Waals surface area contributed by atoms with Gasteiger partial charge in [-0.3, -0.25) is 4.98 Å². The summed E-state index contributed by atoms with van der Waals surface area (Å²) in [5.74, 6) is 0.749. The average molecular weight is 431 g/mol. The van der Waals surface area contributed by atoms with E-state index >= 15 is 0 Å². The molecule has 130 valence electrons. The van der Waals surface area contributed by atoms with Gasteiger partial charge in [-0.05, 0) is 40.2 Å². The molecule has 1 N–H and O–H groups in total. The van der Waals surface area contributed by atoms with Gasteiger partial charge in [0, 0.05) is 29.5 Å². The Bertz CT molecular complexity index is 1060. The normalized spacial score (nSPS) is 10.8. The number of nitrogens with one attached hydrogen (secondary N) is 1.